The molecule has 0 saturated carbocycles. The van der Waals surface area contributed by atoms with Crippen LogP contribution in [0.5, 0.6) is 0 Å². The molecule has 2 aromatic rings. The fourth-order valence-electron chi connectivity index (χ4n) is 2.83. The fraction of sp³-hybridized carbons (Fsp3) is 0.556. The molecular formula is C18H26N4O2S. The van der Waals surface area contributed by atoms with Crippen molar-refractivity contribution in [3.05, 3.63) is 35.1 Å². The molecule has 25 heavy (non-hydrogen) atoms. The van der Waals surface area contributed by atoms with Gasteiger partial charge in [-0.05, 0) is 24.5 Å². The van der Waals surface area contributed by atoms with Crippen LogP contribution in [0.25, 0.3) is 0 Å². The molecule has 0 bridgehead atoms. The van der Waals surface area contributed by atoms with Gasteiger partial charge < -0.3 is 9.30 Å². The Balaban J connectivity index is 1.59. The molecule has 3 rings (SSSR count). The van der Waals surface area contributed by atoms with E-state index in [1.54, 1.807) is 0 Å². The van der Waals surface area contributed by atoms with E-state index in [9.17, 15) is 4.79 Å². The van der Waals surface area contributed by atoms with Gasteiger partial charge in [-0.3, -0.25) is 15.0 Å². The van der Waals surface area contributed by atoms with Gasteiger partial charge in [0, 0.05) is 37.8 Å². The molecule has 1 N–H and O–H groups in total. The van der Waals surface area contributed by atoms with Crippen LogP contribution in [-0.2, 0) is 11.3 Å². The molecule has 1 aliphatic rings. The van der Waals surface area contributed by atoms with E-state index in [1.165, 1.54) is 11.3 Å². The number of hydrogen-bond donors (Lipinski definition) is 1. The summed E-state index contributed by atoms with van der Waals surface area (Å²) < 4.78 is 7.38. The van der Waals surface area contributed by atoms with Crippen molar-refractivity contribution in [2.24, 2.45) is 0 Å². The highest BCUT2D eigenvalue weighted by Gasteiger charge is 2.16. The van der Waals surface area contributed by atoms with Crippen molar-refractivity contribution in [2.45, 2.75) is 32.7 Å². The van der Waals surface area contributed by atoms with E-state index in [-0.39, 0.29) is 5.91 Å². The number of nitrogens with one attached hydrogen (secondary N) is 1. The Bertz CT molecular complexity index is 691. The van der Waals surface area contributed by atoms with Crippen molar-refractivity contribution in [2.75, 3.05) is 38.2 Å². The van der Waals surface area contributed by atoms with E-state index in [4.69, 9.17) is 4.74 Å². The predicted molar refractivity (Wildman–Crippen MR) is 100 cm³/mol. The van der Waals surface area contributed by atoms with Gasteiger partial charge in [0.1, 0.15) is 5.69 Å². The molecule has 1 unspecified atom stereocenters. The number of anilines is 1. The van der Waals surface area contributed by atoms with Crippen molar-refractivity contribution in [3.63, 3.8) is 0 Å². The first-order valence-corrected chi connectivity index (χ1v) is 9.77. The Morgan fingerprint density at radius 3 is 2.96 bits per heavy atom. The maximum absolute atomic E-state index is 12.6. The van der Waals surface area contributed by atoms with Crippen molar-refractivity contribution in [1.82, 2.24) is 14.5 Å². The first-order valence-electron chi connectivity index (χ1n) is 8.89. The number of carbonyl (C=O) groups excluding carboxylic acids is 1. The van der Waals surface area contributed by atoms with Crippen molar-refractivity contribution in [1.29, 1.82) is 0 Å². The summed E-state index contributed by atoms with van der Waals surface area (Å²) in [5, 5.41) is 5.63. The molecule has 2 aromatic heterocycles. The molecule has 0 aliphatic carbocycles. The third-order valence-corrected chi connectivity index (χ3v) is 5.46. The second-order valence-electron chi connectivity index (χ2n) is 6.38. The van der Waals surface area contributed by atoms with Crippen molar-refractivity contribution in [3.8, 4) is 0 Å². The third-order valence-electron chi connectivity index (χ3n) is 4.68. The Morgan fingerprint density at radius 2 is 2.20 bits per heavy atom. The summed E-state index contributed by atoms with van der Waals surface area (Å²) in [7, 11) is 0. The van der Waals surface area contributed by atoms with E-state index in [0.29, 0.717) is 16.7 Å². The van der Waals surface area contributed by atoms with Crippen LogP contribution in [0.2, 0.25) is 0 Å². The molecule has 1 fully saturated rings. The first kappa shape index (κ1) is 18.1. The molecule has 3 heterocycles. The minimum absolute atomic E-state index is 0.1000. The highest BCUT2D eigenvalue weighted by Crippen LogP contribution is 2.24. The van der Waals surface area contributed by atoms with Gasteiger partial charge in [-0.2, -0.15) is 0 Å². The van der Waals surface area contributed by atoms with E-state index in [1.807, 2.05) is 28.3 Å². The lowest BCUT2D eigenvalue weighted by molar-refractivity contribution is 0.0363. The van der Waals surface area contributed by atoms with E-state index < -0.39 is 0 Å². The monoisotopic (exact) mass is 362 g/mol. The molecule has 1 saturated heterocycles. The highest BCUT2D eigenvalue weighted by molar-refractivity contribution is 7.14. The summed E-state index contributed by atoms with van der Waals surface area (Å²) in [5.74, 6) is 0.316. The molecular weight excluding hydrogens is 336 g/mol. The summed E-state index contributed by atoms with van der Waals surface area (Å²) in [6, 6.07) is 3.78. The molecule has 0 radical (unpaired) electrons. The quantitative estimate of drug-likeness (QED) is 0.822. The van der Waals surface area contributed by atoms with Crippen LogP contribution in [0.3, 0.4) is 0 Å². The lowest BCUT2D eigenvalue weighted by Crippen LogP contribution is -2.38. The maximum atomic E-state index is 12.6. The number of ether oxygens (including phenoxy) is 1. The van der Waals surface area contributed by atoms with Crippen molar-refractivity contribution >= 4 is 22.4 Å². The zero-order valence-corrected chi connectivity index (χ0v) is 15.7. The second-order valence-corrected chi connectivity index (χ2v) is 7.24. The van der Waals surface area contributed by atoms with Gasteiger partial charge in [-0.25, -0.2) is 4.98 Å². The van der Waals surface area contributed by atoms with Gasteiger partial charge >= 0.3 is 0 Å². The number of carbonyl (C=O) groups is 1. The van der Waals surface area contributed by atoms with E-state index in [0.717, 1.165) is 51.5 Å². The molecule has 6 nitrogen and oxygen atoms in total. The lowest BCUT2D eigenvalue weighted by atomic mass is 10.1. The van der Waals surface area contributed by atoms with Gasteiger partial charge in [0.05, 0.1) is 18.9 Å². The minimum Gasteiger partial charge on any atom is -0.379 e. The van der Waals surface area contributed by atoms with Crippen LogP contribution < -0.4 is 5.32 Å². The first-order chi connectivity index (χ1) is 12.2. The zero-order chi connectivity index (χ0) is 17.6. The number of thiazole rings is 1. The summed E-state index contributed by atoms with van der Waals surface area (Å²) in [6.07, 6.45) is 3.00. The number of nitrogens with zero attached hydrogens (tertiary/aromatic N) is 3. The van der Waals surface area contributed by atoms with E-state index >= 15 is 0 Å². The summed E-state index contributed by atoms with van der Waals surface area (Å²) in [6.45, 7) is 9.52. The standard InChI is InChI=1S/C18H26N4O2S/c1-3-14(2)15-13-25-18(19-15)20-17(23)16-5-4-6-22(16)8-7-21-9-11-24-12-10-21/h4-6,13-14H,3,7-12H2,1-2H3,(H,19,20,23). The number of rotatable bonds is 7. The Hall–Kier alpha value is -1.70. The van der Waals surface area contributed by atoms with Gasteiger partial charge in [-0.15, -0.1) is 11.3 Å². The molecule has 0 aromatic carbocycles. The Kier molecular flexibility index (Phi) is 6.23. The van der Waals surface area contributed by atoms with Crippen LogP contribution in [0.15, 0.2) is 23.7 Å². The SMILES string of the molecule is CCC(C)c1csc(NC(=O)c2cccn2CCN2CCOCC2)n1. The average Bonchev–Trinajstić information content (AvgIpc) is 3.29. The van der Waals surface area contributed by atoms with Crippen LogP contribution in [-0.4, -0.2) is 53.2 Å². The highest BCUT2D eigenvalue weighted by atomic mass is 32.1. The van der Waals surface area contributed by atoms with Crippen molar-refractivity contribution < 1.29 is 9.53 Å². The third kappa shape index (κ3) is 4.68. The largest absolute Gasteiger partial charge is 0.379 e. The van der Waals surface area contributed by atoms with Crippen LogP contribution in [0.1, 0.15) is 42.4 Å². The van der Waals surface area contributed by atoms with E-state index in [2.05, 4.69) is 29.0 Å². The molecule has 1 aliphatic heterocycles. The van der Waals surface area contributed by atoms with Gasteiger partial charge in [0.25, 0.3) is 5.91 Å². The fourth-order valence-corrected chi connectivity index (χ4v) is 3.66. The zero-order valence-electron chi connectivity index (χ0n) is 14.9. The summed E-state index contributed by atoms with van der Waals surface area (Å²) in [5.41, 5.74) is 1.72. The number of amides is 1. The summed E-state index contributed by atoms with van der Waals surface area (Å²) >= 11 is 1.49. The number of hydrogen-bond acceptors (Lipinski definition) is 5. The molecule has 7 heteroatoms. The number of aromatic nitrogens is 2. The molecule has 0 spiro atoms. The van der Waals surface area contributed by atoms with Gasteiger partial charge in [0.15, 0.2) is 5.13 Å². The van der Waals surface area contributed by atoms with Crippen LogP contribution in [0, 0.1) is 0 Å². The Morgan fingerprint density at radius 1 is 1.40 bits per heavy atom. The molecule has 1 atom stereocenters. The summed E-state index contributed by atoms with van der Waals surface area (Å²) in [4.78, 5) is 19.5. The lowest BCUT2D eigenvalue weighted by Gasteiger charge is -2.26. The van der Waals surface area contributed by atoms with Crippen LogP contribution >= 0.6 is 11.3 Å². The second kappa shape index (κ2) is 8.60. The Labute approximate surface area is 152 Å². The topological polar surface area (TPSA) is 59.4 Å². The maximum Gasteiger partial charge on any atom is 0.274 e. The predicted octanol–water partition coefficient (Wildman–Crippen LogP) is 3.04. The van der Waals surface area contributed by atoms with Crippen LogP contribution in [0.4, 0.5) is 5.13 Å². The molecule has 136 valence electrons. The van der Waals surface area contributed by atoms with Gasteiger partial charge in [0.2, 0.25) is 0 Å². The molecule has 1 amide bonds. The minimum atomic E-state index is -0.1000. The number of morpholine rings is 1. The smallest absolute Gasteiger partial charge is 0.274 e. The normalized spacial score (nSPS) is 16.7. The van der Waals surface area contributed by atoms with Gasteiger partial charge in [-0.1, -0.05) is 13.8 Å². The average molecular weight is 362 g/mol.